The minimum atomic E-state index is 0.186. The van der Waals surface area contributed by atoms with E-state index in [0.29, 0.717) is 12.6 Å². The lowest BCUT2D eigenvalue weighted by molar-refractivity contribution is 0.158. The van der Waals surface area contributed by atoms with Gasteiger partial charge in [0.15, 0.2) is 0 Å². The fourth-order valence-electron chi connectivity index (χ4n) is 1.70. The van der Waals surface area contributed by atoms with Crippen LogP contribution in [0.5, 0.6) is 0 Å². The molecule has 1 heterocycles. The molecule has 0 aliphatic carbocycles. The summed E-state index contributed by atoms with van der Waals surface area (Å²) in [4.78, 5) is 6.74. The van der Waals surface area contributed by atoms with E-state index in [1.54, 1.807) is 0 Å². The first-order chi connectivity index (χ1) is 8.17. The molecule has 0 bridgehead atoms. The zero-order chi connectivity index (χ0) is 12.7. The van der Waals surface area contributed by atoms with Crippen LogP contribution in [-0.4, -0.2) is 40.7 Å². The maximum Gasteiger partial charge on any atom is 0.126 e. The van der Waals surface area contributed by atoms with Gasteiger partial charge in [-0.3, -0.25) is 4.90 Å². The normalized spacial score (nSPS) is 11.2. The van der Waals surface area contributed by atoms with Gasteiger partial charge in [0.05, 0.1) is 12.3 Å². The second-order valence-electron chi connectivity index (χ2n) is 4.33. The highest BCUT2D eigenvalue weighted by Gasteiger charge is 2.10. The topological polar surface area (TPSA) is 48.4 Å². The first kappa shape index (κ1) is 13.9. The Morgan fingerprint density at radius 1 is 1.41 bits per heavy atom. The maximum absolute atomic E-state index is 9.03. The van der Waals surface area contributed by atoms with Crippen molar-refractivity contribution >= 4 is 5.82 Å². The fourth-order valence-corrected chi connectivity index (χ4v) is 1.70. The molecular formula is C13H23N3O. The summed E-state index contributed by atoms with van der Waals surface area (Å²) in [5.41, 5.74) is 1.03. The Hall–Kier alpha value is -1.13. The van der Waals surface area contributed by atoms with Gasteiger partial charge in [-0.2, -0.15) is 0 Å². The number of nitrogens with zero attached hydrogens (tertiary/aromatic N) is 2. The number of aliphatic hydroxyl groups is 1. The summed E-state index contributed by atoms with van der Waals surface area (Å²) in [6, 6.07) is 6.41. The largest absolute Gasteiger partial charge is 0.395 e. The average Bonchev–Trinajstić information content (AvgIpc) is 2.29. The molecule has 4 heteroatoms. The van der Waals surface area contributed by atoms with Gasteiger partial charge in [0.25, 0.3) is 0 Å². The summed E-state index contributed by atoms with van der Waals surface area (Å²) in [7, 11) is 0. The van der Waals surface area contributed by atoms with E-state index in [4.69, 9.17) is 5.11 Å². The molecule has 4 nitrogen and oxygen atoms in total. The van der Waals surface area contributed by atoms with Crippen molar-refractivity contribution in [1.29, 1.82) is 0 Å². The third kappa shape index (κ3) is 4.71. The number of anilines is 1. The Morgan fingerprint density at radius 2 is 2.18 bits per heavy atom. The number of aliphatic hydroxyl groups excluding tert-OH is 1. The standard InChI is InChI=1S/C13H23N3O/c1-4-14-13-7-5-6-12(15-13)10-16(8-9-17)11(2)3/h5-7,11,17H,4,8-10H2,1-3H3,(H,14,15). The van der Waals surface area contributed by atoms with Crippen molar-refractivity contribution in [1.82, 2.24) is 9.88 Å². The number of nitrogens with one attached hydrogen (secondary N) is 1. The van der Waals surface area contributed by atoms with Gasteiger partial charge in [-0.25, -0.2) is 4.98 Å². The second kappa shape index (κ2) is 7.25. The third-order valence-corrected chi connectivity index (χ3v) is 2.65. The van der Waals surface area contributed by atoms with Crippen molar-refractivity contribution in [3.8, 4) is 0 Å². The van der Waals surface area contributed by atoms with Crippen LogP contribution in [0.3, 0.4) is 0 Å². The zero-order valence-corrected chi connectivity index (χ0v) is 11.0. The molecule has 0 aliphatic heterocycles. The molecule has 0 saturated heterocycles. The van der Waals surface area contributed by atoms with Gasteiger partial charge in [0.1, 0.15) is 5.82 Å². The lowest BCUT2D eigenvalue weighted by atomic mass is 10.2. The van der Waals surface area contributed by atoms with E-state index >= 15 is 0 Å². The molecule has 96 valence electrons. The maximum atomic E-state index is 9.03. The summed E-state index contributed by atoms with van der Waals surface area (Å²) in [5.74, 6) is 0.915. The molecule has 0 aromatic carbocycles. The first-order valence-corrected chi connectivity index (χ1v) is 6.22. The van der Waals surface area contributed by atoms with Gasteiger partial charge < -0.3 is 10.4 Å². The van der Waals surface area contributed by atoms with Crippen LogP contribution in [0, 0.1) is 0 Å². The number of rotatable bonds is 7. The monoisotopic (exact) mass is 237 g/mol. The first-order valence-electron chi connectivity index (χ1n) is 6.22. The lowest BCUT2D eigenvalue weighted by Crippen LogP contribution is -2.33. The zero-order valence-electron chi connectivity index (χ0n) is 11.0. The van der Waals surface area contributed by atoms with Crippen molar-refractivity contribution in [2.45, 2.75) is 33.4 Å². The molecule has 1 rings (SSSR count). The van der Waals surface area contributed by atoms with Crippen LogP contribution in [0.4, 0.5) is 5.82 Å². The van der Waals surface area contributed by atoms with Crippen LogP contribution in [0.15, 0.2) is 18.2 Å². The molecule has 1 aromatic rings. The molecule has 0 aliphatic rings. The predicted molar refractivity (Wildman–Crippen MR) is 71.0 cm³/mol. The minimum Gasteiger partial charge on any atom is -0.395 e. The van der Waals surface area contributed by atoms with Gasteiger partial charge in [0, 0.05) is 25.7 Å². The summed E-state index contributed by atoms with van der Waals surface area (Å²) >= 11 is 0. The summed E-state index contributed by atoms with van der Waals surface area (Å²) in [6.07, 6.45) is 0. The molecule has 0 atom stereocenters. The van der Waals surface area contributed by atoms with Gasteiger partial charge >= 0.3 is 0 Å². The number of aromatic nitrogens is 1. The van der Waals surface area contributed by atoms with Crippen molar-refractivity contribution in [2.75, 3.05) is 25.0 Å². The highest BCUT2D eigenvalue weighted by atomic mass is 16.3. The fraction of sp³-hybridized carbons (Fsp3) is 0.615. The molecular weight excluding hydrogens is 214 g/mol. The SMILES string of the molecule is CCNc1cccc(CN(CCO)C(C)C)n1. The summed E-state index contributed by atoms with van der Waals surface area (Å²) < 4.78 is 0. The molecule has 0 fully saturated rings. The Morgan fingerprint density at radius 3 is 2.76 bits per heavy atom. The quantitative estimate of drug-likeness (QED) is 0.758. The molecule has 1 aromatic heterocycles. The van der Waals surface area contributed by atoms with Crippen molar-refractivity contribution in [3.63, 3.8) is 0 Å². The van der Waals surface area contributed by atoms with Crippen molar-refractivity contribution < 1.29 is 5.11 Å². The minimum absolute atomic E-state index is 0.186. The molecule has 0 saturated carbocycles. The van der Waals surface area contributed by atoms with Gasteiger partial charge in [-0.15, -0.1) is 0 Å². The lowest BCUT2D eigenvalue weighted by Gasteiger charge is -2.25. The molecule has 0 radical (unpaired) electrons. The second-order valence-corrected chi connectivity index (χ2v) is 4.33. The van der Waals surface area contributed by atoms with E-state index in [2.05, 4.69) is 36.0 Å². The molecule has 0 amide bonds. The van der Waals surface area contributed by atoms with Gasteiger partial charge in [-0.05, 0) is 32.9 Å². The van der Waals surface area contributed by atoms with E-state index in [-0.39, 0.29) is 6.61 Å². The van der Waals surface area contributed by atoms with E-state index in [0.717, 1.165) is 24.6 Å². The van der Waals surface area contributed by atoms with Crippen LogP contribution in [0.2, 0.25) is 0 Å². The van der Waals surface area contributed by atoms with E-state index in [1.807, 2.05) is 18.2 Å². The predicted octanol–water partition coefficient (Wildman–Crippen LogP) is 1.72. The Balaban J connectivity index is 2.68. The number of pyridine rings is 1. The summed E-state index contributed by atoms with van der Waals surface area (Å²) in [5, 5.41) is 12.2. The summed E-state index contributed by atoms with van der Waals surface area (Å²) in [6.45, 7) is 8.84. The van der Waals surface area contributed by atoms with Crippen LogP contribution < -0.4 is 5.32 Å². The Labute approximate surface area is 104 Å². The van der Waals surface area contributed by atoms with Crippen LogP contribution in [0.1, 0.15) is 26.5 Å². The van der Waals surface area contributed by atoms with E-state index in [9.17, 15) is 0 Å². The molecule has 17 heavy (non-hydrogen) atoms. The van der Waals surface area contributed by atoms with Crippen molar-refractivity contribution in [3.05, 3.63) is 23.9 Å². The Kier molecular flexibility index (Phi) is 5.94. The van der Waals surface area contributed by atoms with Crippen LogP contribution in [-0.2, 0) is 6.54 Å². The highest BCUT2D eigenvalue weighted by molar-refractivity contribution is 5.34. The van der Waals surface area contributed by atoms with E-state index in [1.165, 1.54) is 0 Å². The number of hydrogen-bond acceptors (Lipinski definition) is 4. The van der Waals surface area contributed by atoms with Gasteiger partial charge in [-0.1, -0.05) is 6.07 Å². The highest BCUT2D eigenvalue weighted by Crippen LogP contribution is 2.09. The smallest absolute Gasteiger partial charge is 0.126 e. The molecule has 2 N–H and O–H groups in total. The third-order valence-electron chi connectivity index (χ3n) is 2.65. The average molecular weight is 237 g/mol. The molecule has 0 spiro atoms. The van der Waals surface area contributed by atoms with Crippen molar-refractivity contribution in [2.24, 2.45) is 0 Å². The van der Waals surface area contributed by atoms with Crippen LogP contribution in [0.25, 0.3) is 0 Å². The van der Waals surface area contributed by atoms with Gasteiger partial charge in [0.2, 0.25) is 0 Å². The Bertz CT molecular complexity index is 328. The van der Waals surface area contributed by atoms with Crippen LogP contribution >= 0.6 is 0 Å². The molecule has 0 unspecified atom stereocenters. The van der Waals surface area contributed by atoms with E-state index < -0.39 is 0 Å². The number of hydrogen-bond donors (Lipinski definition) is 2.